The highest BCUT2D eigenvalue weighted by Crippen LogP contribution is 2.06. The molecule has 0 N–H and O–H groups in total. The zero-order valence-electron chi connectivity index (χ0n) is 12.2. The van der Waals surface area contributed by atoms with Crippen LogP contribution in [0, 0.1) is 0 Å². The van der Waals surface area contributed by atoms with Crippen LogP contribution in [0.4, 0.5) is 0 Å². The van der Waals surface area contributed by atoms with Crippen LogP contribution in [0.25, 0.3) is 0 Å². The molecule has 0 aliphatic rings. The second-order valence-electron chi connectivity index (χ2n) is 5.40. The fourth-order valence-electron chi connectivity index (χ4n) is 2.85. The van der Waals surface area contributed by atoms with E-state index in [9.17, 15) is 0 Å². The molecule has 0 heterocycles. The third-order valence-corrected chi connectivity index (χ3v) is 3.97. The Morgan fingerprint density at radius 3 is 1.43 bits per heavy atom. The van der Waals surface area contributed by atoms with Gasteiger partial charge in [0.05, 0.1) is 0 Å². The van der Waals surface area contributed by atoms with Gasteiger partial charge in [-0.2, -0.15) is 0 Å². The van der Waals surface area contributed by atoms with E-state index in [-0.39, 0.29) is 0 Å². The molecule has 0 nitrogen and oxygen atoms in total. The first-order valence-electron chi connectivity index (χ1n) is 7.57. The fourth-order valence-corrected chi connectivity index (χ4v) is 2.85. The van der Waals surface area contributed by atoms with Gasteiger partial charge in [0.2, 0.25) is 6.71 Å². The van der Waals surface area contributed by atoms with Crippen molar-refractivity contribution in [3.05, 3.63) is 96.6 Å². The second-order valence-corrected chi connectivity index (χ2v) is 5.40. The molecule has 0 bridgehead atoms. The fraction of sp³-hybridized carbons (Fsp3) is 0.100. The zero-order chi connectivity index (χ0) is 14.3. The number of rotatable bonds is 5. The van der Waals surface area contributed by atoms with Crippen molar-refractivity contribution in [2.75, 3.05) is 0 Å². The molecular formula is C20H19B. The molecule has 3 aromatic carbocycles. The van der Waals surface area contributed by atoms with Crippen molar-refractivity contribution in [2.45, 2.75) is 12.7 Å². The lowest BCUT2D eigenvalue weighted by molar-refractivity contribution is 1.12. The van der Waals surface area contributed by atoms with Gasteiger partial charge < -0.3 is 0 Å². The third kappa shape index (κ3) is 3.63. The Morgan fingerprint density at radius 1 is 0.524 bits per heavy atom. The normalized spacial score (nSPS) is 10.3. The Hall–Kier alpha value is -2.28. The maximum Gasteiger partial charge on any atom is 0.209 e. The van der Waals surface area contributed by atoms with Crippen LogP contribution >= 0.6 is 0 Å². The smallest absolute Gasteiger partial charge is 0.0742 e. The Kier molecular flexibility index (Phi) is 4.53. The zero-order valence-corrected chi connectivity index (χ0v) is 12.2. The van der Waals surface area contributed by atoms with Crippen LogP contribution in [0.3, 0.4) is 0 Å². The summed E-state index contributed by atoms with van der Waals surface area (Å²) in [5, 5.41) is 0. The van der Waals surface area contributed by atoms with Crippen LogP contribution in [0.15, 0.2) is 91.0 Å². The van der Waals surface area contributed by atoms with Gasteiger partial charge in [0.15, 0.2) is 0 Å². The van der Waals surface area contributed by atoms with Crippen molar-refractivity contribution >= 4 is 17.6 Å². The molecule has 0 saturated carbocycles. The molecule has 0 aliphatic carbocycles. The van der Waals surface area contributed by atoms with Gasteiger partial charge >= 0.3 is 0 Å². The summed E-state index contributed by atoms with van der Waals surface area (Å²) in [5.74, 6) is 0. The summed E-state index contributed by atoms with van der Waals surface area (Å²) in [4.78, 5) is 0. The molecule has 0 unspecified atom stereocenters. The van der Waals surface area contributed by atoms with Gasteiger partial charge in [-0.1, -0.05) is 108 Å². The summed E-state index contributed by atoms with van der Waals surface area (Å²) in [7, 11) is 0. The summed E-state index contributed by atoms with van der Waals surface area (Å²) in [5.41, 5.74) is 4.22. The summed E-state index contributed by atoms with van der Waals surface area (Å²) in [6, 6.07) is 32.4. The summed E-state index contributed by atoms with van der Waals surface area (Å²) in [6.07, 6.45) is 2.24. The van der Waals surface area contributed by atoms with Crippen LogP contribution in [0.5, 0.6) is 0 Å². The number of hydrogen-bond acceptors (Lipinski definition) is 0. The van der Waals surface area contributed by atoms with E-state index in [1.807, 2.05) is 0 Å². The first-order chi connectivity index (χ1) is 10.4. The topological polar surface area (TPSA) is 0 Å². The quantitative estimate of drug-likeness (QED) is 0.622. The van der Waals surface area contributed by atoms with Crippen LogP contribution in [0.2, 0.25) is 6.32 Å². The molecule has 0 amide bonds. The van der Waals surface area contributed by atoms with E-state index in [0.29, 0.717) is 6.71 Å². The Bertz CT molecular complexity index is 608. The minimum absolute atomic E-state index is 0.465. The van der Waals surface area contributed by atoms with Gasteiger partial charge in [-0.15, -0.1) is 0 Å². The molecule has 0 atom stereocenters. The summed E-state index contributed by atoms with van der Waals surface area (Å²) in [6.45, 7) is 0.465. The third-order valence-electron chi connectivity index (χ3n) is 3.97. The van der Waals surface area contributed by atoms with E-state index < -0.39 is 0 Å². The van der Waals surface area contributed by atoms with Crippen molar-refractivity contribution in [1.29, 1.82) is 0 Å². The lowest BCUT2D eigenvalue weighted by Crippen LogP contribution is -2.42. The van der Waals surface area contributed by atoms with E-state index in [2.05, 4.69) is 91.0 Å². The van der Waals surface area contributed by atoms with Crippen LogP contribution < -0.4 is 10.9 Å². The largest absolute Gasteiger partial charge is 0.209 e. The lowest BCUT2D eigenvalue weighted by Gasteiger charge is -2.14. The van der Waals surface area contributed by atoms with Crippen LogP contribution in [-0.4, -0.2) is 6.71 Å². The standard InChI is InChI=1S/C20H19B/c1-4-10-18(11-5-1)16-17-21(19-12-6-2-7-13-19)20-14-8-3-9-15-20/h1-15H,16-17H2. The second kappa shape index (κ2) is 6.94. The van der Waals surface area contributed by atoms with Crippen molar-refractivity contribution in [3.63, 3.8) is 0 Å². The van der Waals surface area contributed by atoms with Crippen molar-refractivity contribution in [1.82, 2.24) is 0 Å². The molecule has 0 spiro atoms. The van der Waals surface area contributed by atoms with Gasteiger partial charge in [-0.3, -0.25) is 0 Å². The molecule has 3 rings (SSSR count). The lowest BCUT2D eigenvalue weighted by atomic mass is 9.38. The molecule has 0 fully saturated rings. The predicted octanol–water partition coefficient (Wildman–Crippen LogP) is 3.54. The minimum Gasteiger partial charge on any atom is -0.0742 e. The summed E-state index contributed by atoms with van der Waals surface area (Å²) < 4.78 is 0. The maximum absolute atomic E-state index is 2.24. The van der Waals surface area contributed by atoms with Gasteiger partial charge in [-0.05, 0) is 12.0 Å². The highest BCUT2D eigenvalue weighted by atomic mass is 14.0. The first-order valence-corrected chi connectivity index (χ1v) is 7.57. The van der Waals surface area contributed by atoms with Crippen molar-refractivity contribution < 1.29 is 0 Å². The Balaban J connectivity index is 1.83. The predicted molar refractivity (Wildman–Crippen MR) is 92.9 cm³/mol. The molecule has 102 valence electrons. The molecular weight excluding hydrogens is 251 g/mol. The van der Waals surface area contributed by atoms with Crippen LogP contribution in [0.1, 0.15) is 5.56 Å². The number of benzene rings is 3. The SMILES string of the molecule is c1ccc(CCB(c2ccccc2)c2ccccc2)cc1. The van der Waals surface area contributed by atoms with Crippen molar-refractivity contribution in [3.8, 4) is 0 Å². The average molecular weight is 270 g/mol. The highest BCUT2D eigenvalue weighted by molar-refractivity contribution is 6.85. The summed E-state index contributed by atoms with van der Waals surface area (Å²) >= 11 is 0. The van der Waals surface area contributed by atoms with Gasteiger partial charge in [-0.25, -0.2) is 0 Å². The van der Waals surface area contributed by atoms with E-state index in [0.717, 1.165) is 12.7 Å². The van der Waals surface area contributed by atoms with E-state index in [4.69, 9.17) is 0 Å². The molecule has 0 radical (unpaired) electrons. The van der Waals surface area contributed by atoms with E-state index in [1.54, 1.807) is 0 Å². The Morgan fingerprint density at radius 2 is 0.952 bits per heavy atom. The molecule has 3 aromatic rings. The number of hydrogen-bond donors (Lipinski definition) is 0. The van der Waals surface area contributed by atoms with Gasteiger partial charge in [0.25, 0.3) is 0 Å². The van der Waals surface area contributed by atoms with E-state index >= 15 is 0 Å². The first kappa shape index (κ1) is 13.7. The highest BCUT2D eigenvalue weighted by Gasteiger charge is 2.18. The molecule has 0 aliphatic heterocycles. The monoisotopic (exact) mass is 270 g/mol. The average Bonchev–Trinajstić information content (AvgIpc) is 2.58. The Labute approximate surface area is 127 Å². The maximum atomic E-state index is 2.24. The molecule has 0 aromatic heterocycles. The van der Waals surface area contributed by atoms with E-state index in [1.165, 1.54) is 16.5 Å². The number of aryl methyl sites for hydroxylation is 1. The van der Waals surface area contributed by atoms with Crippen molar-refractivity contribution in [2.24, 2.45) is 0 Å². The van der Waals surface area contributed by atoms with Gasteiger partial charge in [0, 0.05) is 0 Å². The molecule has 0 saturated heterocycles. The van der Waals surface area contributed by atoms with Crippen LogP contribution in [-0.2, 0) is 6.42 Å². The molecule has 21 heavy (non-hydrogen) atoms. The van der Waals surface area contributed by atoms with Gasteiger partial charge in [0.1, 0.15) is 0 Å². The molecule has 1 heteroatoms. The minimum atomic E-state index is 0.465.